The molecule has 1 aromatic heterocycles. The molecule has 0 radical (unpaired) electrons. The third kappa shape index (κ3) is 2.17. The molecule has 2 nitrogen and oxygen atoms in total. The van der Waals surface area contributed by atoms with Crippen molar-refractivity contribution in [1.29, 1.82) is 0 Å². The average molecular weight is 239 g/mol. The molecule has 1 aromatic carbocycles. The third-order valence-electron chi connectivity index (χ3n) is 3.08. The summed E-state index contributed by atoms with van der Waals surface area (Å²) in [6, 6.07) is 3.15. The van der Waals surface area contributed by atoms with E-state index >= 15 is 0 Å². The van der Waals surface area contributed by atoms with Crippen molar-refractivity contribution in [2.45, 2.75) is 25.8 Å². The fourth-order valence-electron chi connectivity index (χ4n) is 1.96. The second-order valence-corrected chi connectivity index (χ2v) is 4.09. The predicted molar refractivity (Wildman–Crippen MR) is 63.0 cm³/mol. The Bertz CT molecular complexity index is 517. The van der Waals surface area contributed by atoms with Crippen LogP contribution in [0.25, 0.3) is 11.0 Å². The van der Waals surface area contributed by atoms with Crippen LogP contribution in [0.15, 0.2) is 22.8 Å². The summed E-state index contributed by atoms with van der Waals surface area (Å²) >= 11 is 0. The summed E-state index contributed by atoms with van der Waals surface area (Å²) in [5.41, 5.74) is 0.746. The van der Waals surface area contributed by atoms with Crippen LogP contribution in [-0.2, 0) is 6.42 Å². The van der Waals surface area contributed by atoms with Crippen LogP contribution in [0.5, 0.6) is 0 Å². The Balaban J connectivity index is 2.43. The lowest BCUT2D eigenvalue weighted by Gasteiger charge is -2.14. The highest BCUT2D eigenvalue weighted by Gasteiger charge is 2.17. The molecular weight excluding hydrogens is 224 g/mol. The first-order chi connectivity index (χ1) is 8.17. The Hall–Kier alpha value is -1.42. The molecule has 1 heterocycles. The van der Waals surface area contributed by atoms with E-state index in [9.17, 15) is 8.78 Å². The molecule has 1 N–H and O–H groups in total. The van der Waals surface area contributed by atoms with Gasteiger partial charge in [-0.25, -0.2) is 8.78 Å². The normalized spacial score (nSPS) is 13.2. The number of hydrogen-bond donors (Lipinski definition) is 1. The van der Waals surface area contributed by atoms with Crippen molar-refractivity contribution in [1.82, 2.24) is 5.32 Å². The van der Waals surface area contributed by atoms with Gasteiger partial charge in [0.25, 0.3) is 0 Å². The van der Waals surface area contributed by atoms with Gasteiger partial charge in [0.1, 0.15) is 5.58 Å². The van der Waals surface area contributed by atoms with Crippen LogP contribution in [0.3, 0.4) is 0 Å². The maximum absolute atomic E-state index is 13.8. The maximum Gasteiger partial charge on any atom is 0.170 e. The minimum atomic E-state index is -0.822. The van der Waals surface area contributed by atoms with Gasteiger partial charge in [-0.05, 0) is 37.6 Å². The topological polar surface area (TPSA) is 25.2 Å². The Morgan fingerprint density at radius 2 is 2.12 bits per heavy atom. The van der Waals surface area contributed by atoms with E-state index < -0.39 is 11.6 Å². The van der Waals surface area contributed by atoms with Gasteiger partial charge in [-0.2, -0.15) is 0 Å². The van der Waals surface area contributed by atoms with E-state index in [1.807, 2.05) is 14.0 Å². The first-order valence-corrected chi connectivity index (χ1v) is 5.68. The van der Waals surface area contributed by atoms with Crippen LogP contribution in [0.4, 0.5) is 8.78 Å². The monoisotopic (exact) mass is 239 g/mol. The van der Waals surface area contributed by atoms with Gasteiger partial charge < -0.3 is 9.73 Å². The predicted octanol–water partition coefficient (Wildman–Crippen LogP) is 3.25. The molecule has 0 aliphatic carbocycles. The summed E-state index contributed by atoms with van der Waals surface area (Å²) in [6.07, 6.45) is 2.67. The standard InChI is InChI=1S/C13H15F2NO/c1-3-9(16-2)6-8-7-11-10(4-5-17-11)13(15)12(8)14/h4-5,7,9,16H,3,6H2,1-2H3/t9-/m0/s1. The van der Waals surface area contributed by atoms with Gasteiger partial charge >= 0.3 is 0 Å². The smallest absolute Gasteiger partial charge is 0.170 e. The molecule has 4 heteroatoms. The van der Waals surface area contributed by atoms with E-state index in [-0.39, 0.29) is 11.4 Å². The van der Waals surface area contributed by atoms with Crippen molar-refractivity contribution in [2.75, 3.05) is 7.05 Å². The van der Waals surface area contributed by atoms with Crippen LogP contribution in [0.1, 0.15) is 18.9 Å². The Morgan fingerprint density at radius 3 is 2.76 bits per heavy atom. The fraction of sp³-hybridized carbons (Fsp3) is 0.385. The van der Waals surface area contributed by atoms with E-state index in [1.165, 1.54) is 12.3 Å². The Morgan fingerprint density at radius 1 is 1.35 bits per heavy atom. The zero-order valence-electron chi connectivity index (χ0n) is 9.89. The molecule has 0 spiro atoms. The molecule has 0 fully saturated rings. The first kappa shape index (κ1) is 12.0. The van der Waals surface area contributed by atoms with Gasteiger partial charge in [-0.3, -0.25) is 0 Å². The zero-order chi connectivity index (χ0) is 12.4. The van der Waals surface area contributed by atoms with E-state index in [2.05, 4.69) is 5.32 Å². The molecule has 0 bridgehead atoms. The highest BCUT2D eigenvalue weighted by atomic mass is 19.2. The summed E-state index contributed by atoms with van der Waals surface area (Å²) in [5, 5.41) is 3.27. The minimum absolute atomic E-state index is 0.135. The van der Waals surface area contributed by atoms with Crippen molar-refractivity contribution in [3.05, 3.63) is 35.6 Å². The number of likely N-dealkylation sites (N-methyl/N-ethyl adjacent to an activating group) is 1. The van der Waals surface area contributed by atoms with Crippen LogP contribution in [0, 0.1) is 11.6 Å². The van der Waals surface area contributed by atoms with Crippen molar-refractivity contribution >= 4 is 11.0 Å². The first-order valence-electron chi connectivity index (χ1n) is 5.68. The van der Waals surface area contributed by atoms with Crippen LogP contribution in [0.2, 0.25) is 0 Å². The number of fused-ring (bicyclic) bond motifs is 1. The van der Waals surface area contributed by atoms with Crippen molar-refractivity contribution in [3.63, 3.8) is 0 Å². The molecule has 1 atom stereocenters. The third-order valence-corrected chi connectivity index (χ3v) is 3.08. The van der Waals surface area contributed by atoms with E-state index in [4.69, 9.17) is 4.42 Å². The maximum atomic E-state index is 13.8. The summed E-state index contributed by atoms with van der Waals surface area (Å²) in [6.45, 7) is 2.00. The van der Waals surface area contributed by atoms with Crippen molar-refractivity contribution < 1.29 is 13.2 Å². The summed E-state index contributed by atoms with van der Waals surface area (Å²) in [4.78, 5) is 0. The molecule has 17 heavy (non-hydrogen) atoms. The fourth-order valence-corrected chi connectivity index (χ4v) is 1.96. The van der Waals surface area contributed by atoms with E-state index in [0.29, 0.717) is 17.6 Å². The highest BCUT2D eigenvalue weighted by Crippen LogP contribution is 2.25. The number of nitrogens with one attached hydrogen (secondary N) is 1. The minimum Gasteiger partial charge on any atom is -0.464 e. The van der Waals surface area contributed by atoms with Crippen LogP contribution in [-0.4, -0.2) is 13.1 Å². The van der Waals surface area contributed by atoms with Gasteiger partial charge in [0.15, 0.2) is 11.6 Å². The molecule has 0 saturated heterocycles. The molecule has 0 aliphatic rings. The van der Waals surface area contributed by atoms with Crippen LogP contribution < -0.4 is 5.32 Å². The SMILES string of the molecule is CC[C@@H](Cc1cc2occc2c(F)c1F)NC. The number of furan rings is 1. The van der Waals surface area contributed by atoms with Gasteiger partial charge in [0.2, 0.25) is 0 Å². The molecule has 0 aliphatic heterocycles. The summed E-state index contributed by atoms with van der Waals surface area (Å²) in [5.74, 6) is -1.59. The lowest BCUT2D eigenvalue weighted by atomic mass is 10.0. The van der Waals surface area contributed by atoms with Crippen LogP contribution >= 0.6 is 0 Å². The van der Waals surface area contributed by atoms with Gasteiger partial charge in [0, 0.05) is 6.04 Å². The largest absolute Gasteiger partial charge is 0.464 e. The van der Waals surface area contributed by atoms with E-state index in [1.54, 1.807) is 6.07 Å². The lowest BCUT2D eigenvalue weighted by Crippen LogP contribution is -2.27. The summed E-state index contributed by atoms with van der Waals surface area (Å²) < 4.78 is 32.6. The molecule has 0 saturated carbocycles. The summed E-state index contributed by atoms with van der Waals surface area (Å²) in [7, 11) is 1.81. The highest BCUT2D eigenvalue weighted by molar-refractivity contribution is 5.78. The van der Waals surface area contributed by atoms with Gasteiger partial charge in [-0.15, -0.1) is 0 Å². The average Bonchev–Trinajstić information content (AvgIpc) is 2.80. The quantitative estimate of drug-likeness (QED) is 0.886. The van der Waals surface area contributed by atoms with E-state index in [0.717, 1.165) is 6.42 Å². The molecule has 2 rings (SSSR count). The molecule has 0 amide bonds. The Kier molecular flexibility index (Phi) is 3.43. The zero-order valence-corrected chi connectivity index (χ0v) is 9.89. The number of rotatable bonds is 4. The second kappa shape index (κ2) is 4.84. The number of hydrogen-bond acceptors (Lipinski definition) is 2. The molecule has 92 valence electrons. The molecule has 0 unspecified atom stereocenters. The molecular formula is C13H15F2NO. The second-order valence-electron chi connectivity index (χ2n) is 4.09. The van der Waals surface area contributed by atoms with Crippen molar-refractivity contribution in [2.24, 2.45) is 0 Å². The Labute approximate surface area is 98.6 Å². The lowest BCUT2D eigenvalue weighted by molar-refractivity contribution is 0.483. The number of benzene rings is 1. The molecule has 2 aromatic rings. The van der Waals surface area contributed by atoms with Gasteiger partial charge in [-0.1, -0.05) is 6.92 Å². The van der Waals surface area contributed by atoms with Crippen molar-refractivity contribution in [3.8, 4) is 0 Å². The van der Waals surface area contributed by atoms with Gasteiger partial charge in [0.05, 0.1) is 11.6 Å². The number of halogens is 2.